The van der Waals surface area contributed by atoms with Gasteiger partial charge in [0.2, 0.25) is 6.79 Å². The van der Waals surface area contributed by atoms with Crippen LogP contribution >= 0.6 is 0 Å². The number of hydrogen-bond donors (Lipinski definition) is 2. The number of fused-ring (bicyclic) bond motifs is 2. The van der Waals surface area contributed by atoms with E-state index in [1.807, 2.05) is 13.8 Å². The number of amides is 3. The molecule has 35 heavy (non-hydrogen) atoms. The predicted octanol–water partition coefficient (Wildman–Crippen LogP) is 1.40. The molecule has 3 amide bonds. The number of rotatable bonds is 7. The van der Waals surface area contributed by atoms with Crippen molar-refractivity contribution in [1.29, 1.82) is 0 Å². The Hall–Kier alpha value is -4.09. The molecule has 2 aromatic heterocycles. The number of H-pyrrole nitrogens is 1. The fourth-order valence-corrected chi connectivity index (χ4v) is 4.59. The molecule has 2 N–H and O–H groups in total. The quantitative estimate of drug-likeness (QED) is 0.485. The van der Waals surface area contributed by atoms with Crippen LogP contribution < -0.4 is 26.0 Å². The van der Waals surface area contributed by atoms with Crippen LogP contribution in [0.4, 0.5) is 4.79 Å². The van der Waals surface area contributed by atoms with E-state index in [1.54, 1.807) is 29.7 Å². The molecular weight excluding hydrogens is 456 g/mol. The molecule has 0 unspecified atom stereocenters. The van der Waals surface area contributed by atoms with E-state index in [0.29, 0.717) is 36.0 Å². The number of carbonyl (C=O) groups is 2. The second-order valence-electron chi connectivity index (χ2n) is 8.72. The van der Waals surface area contributed by atoms with Crippen molar-refractivity contribution < 1.29 is 19.1 Å². The van der Waals surface area contributed by atoms with Gasteiger partial charge >= 0.3 is 11.7 Å². The Balaban J connectivity index is 1.53. The lowest BCUT2D eigenvalue weighted by molar-refractivity contribution is -0.131. The Bertz CT molecular complexity index is 1470. The molecule has 184 valence electrons. The lowest BCUT2D eigenvalue weighted by Crippen LogP contribution is -2.40. The van der Waals surface area contributed by atoms with E-state index in [4.69, 9.17) is 9.47 Å². The lowest BCUT2D eigenvalue weighted by Gasteiger charge is -2.22. The third-order valence-corrected chi connectivity index (χ3v) is 6.54. The first kappa shape index (κ1) is 22.7. The predicted molar refractivity (Wildman–Crippen MR) is 124 cm³/mol. The minimum atomic E-state index is -1.32. The first-order valence-corrected chi connectivity index (χ1v) is 11.5. The summed E-state index contributed by atoms with van der Waals surface area (Å²) < 4.78 is 13.8. The van der Waals surface area contributed by atoms with Gasteiger partial charge in [-0.25, -0.2) is 14.6 Å². The highest BCUT2D eigenvalue weighted by atomic mass is 16.7. The van der Waals surface area contributed by atoms with Crippen molar-refractivity contribution in [3.05, 3.63) is 50.4 Å². The summed E-state index contributed by atoms with van der Waals surface area (Å²) in [5, 5.41) is 2.77. The lowest BCUT2D eigenvalue weighted by atomic mass is 9.91. The maximum absolute atomic E-state index is 13.5. The molecule has 1 fully saturated rings. The molecule has 1 aromatic carbocycles. The summed E-state index contributed by atoms with van der Waals surface area (Å²) in [6.45, 7) is 6.15. The zero-order chi connectivity index (χ0) is 24.9. The van der Waals surface area contributed by atoms with E-state index in [-0.39, 0.29) is 24.5 Å². The molecule has 2 aliphatic rings. The monoisotopic (exact) mass is 482 g/mol. The number of benzene rings is 1. The molecule has 4 heterocycles. The number of aromatic nitrogens is 4. The summed E-state index contributed by atoms with van der Waals surface area (Å²) in [5.41, 5.74) is -1.37. The fourth-order valence-electron chi connectivity index (χ4n) is 4.59. The van der Waals surface area contributed by atoms with E-state index in [2.05, 4.69) is 15.3 Å². The summed E-state index contributed by atoms with van der Waals surface area (Å²) in [4.78, 5) is 59.5. The number of urea groups is 1. The van der Waals surface area contributed by atoms with Crippen molar-refractivity contribution >= 4 is 23.1 Å². The van der Waals surface area contributed by atoms with Crippen LogP contribution in [0.2, 0.25) is 0 Å². The van der Waals surface area contributed by atoms with Gasteiger partial charge in [0, 0.05) is 13.1 Å². The van der Waals surface area contributed by atoms with Crippen molar-refractivity contribution in [2.45, 2.75) is 58.8 Å². The average molecular weight is 482 g/mol. The third-order valence-electron chi connectivity index (χ3n) is 6.54. The molecule has 3 aromatic rings. The van der Waals surface area contributed by atoms with Crippen molar-refractivity contribution in [3.63, 3.8) is 0 Å². The van der Waals surface area contributed by atoms with Crippen LogP contribution in [0.25, 0.3) is 11.2 Å². The normalized spacial score (nSPS) is 19.1. The summed E-state index contributed by atoms with van der Waals surface area (Å²) >= 11 is 0. The molecule has 0 bridgehead atoms. The van der Waals surface area contributed by atoms with Crippen LogP contribution in [-0.2, 0) is 30.0 Å². The second kappa shape index (κ2) is 8.29. The zero-order valence-corrected chi connectivity index (χ0v) is 19.7. The van der Waals surface area contributed by atoms with Crippen LogP contribution in [0.1, 0.15) is 45.0 Å². The fraction of sp³-hybridized carbons (Fsp3) is 0.435. The number of hydrogen-bond acceptors (Lipinski definition) is 7. The van der Waals surface area contributed by atoms with Crippen molar-refractivity contribution in [1.82, 2.24) is 29.3 Å². The smallest absolute Gasteiger partial charge is 0.330 e. The topological polar surface area (TPSA) is 141 Å². The SMILES string of the molecule is CCCCn1c(=O)[nH]c(=O)c2c1nc(CN1C(=O)N[C@@](C)(c3ccc4c(c3)OCO4)C1=O)n2CC. The Labute approximate surface area is 199 Å². The summed E-state index contributed by atoms with van der Waals surface area (Å²) in [6.07, 6.45) is 1.59. The van der Waals surface area contributed by atoms with E-state index >= 15 is 0 Å². The highest BCUT2D eigenvalue weighted by Crippen LogP contribution is 2.38. The molecule has 0 radical (unpaired) electrons. The van der Waals surface area contributed by atoms with Crippen molar-refractivity contribution in [2.24, 2.45) is 0 Å². The number of ether oxygens (including phenoxy) is 2. The number of aryl methyl sites for hydroxylation is 2. The number of carbonyl (C=O) groups excluding carboxylic acids is 2. The molecule has 0 spiro atoms. The Morgan fingerprint density at radius 3 is 2.60 bits per heavy atom. The molecule has 5 rings (SSSR count). The molecule has 12 heteroatoms. The maximum Gasteiger partial charge on any atom is 0.330 e. The van der Waals surface area contributed by atoms with Gasteiger partial charge in [-0.1, -0.05) is 19.4 Å². The minimum Gasteiger partial charge on any atom is -0.454 e. The van der Waals surface area contributed by atoms with Gasteiger partial charge < -0.3 is 19.4 Å². The van der Waals surface area contributed by atoms with Gasteiger partial charge in [-0.05, 0) is 38.0 Å². The molecule has 0 saturated carbocycles. The van der Waals surface area contributed by atoms with E-state index in [1.165, 1.54) is 4.57 Å². The molecule has 1 saturated heterocycles. The van der Waals surface area contributed by atoms with E-state index in [9.17, 15) is 19.2 Å². The molecule has 2 aliphatic heterocycles. The van der Waals surface area contributed by atoms with Gasteiger partial charge in [0.15, 0.2) is 22.7 Å². The van der Waals surface area contributed by atoms with Gasteiger partial charge in [-0.3, -0.25) is 24.0 Å². The standard InChI is InChI=1S/C23H26N6O6/c1-4-6-9-28-18-17(19(30)25-21(28)32)27(5-2)16(24-18)11-29-20(31)23(3,26-22(29)33)13-7-8-14-15(10-13)35-12-34-14/h7-8,10H,4-6,9,11-12H2,1-3H3,(H,26,33)(H,25,30,32)/t23-/m0/s1. The third kappa shape index (κ3) is 3.47. The van der Waals surface area contributed by atoms with Crippen LogP contribution in [0.3, 0.4) is 0 Å². The Kier molecular flexibility index (Phi) is 5.37. The molecule has 0 aliphatic carbocycles. The average Bonchev–Trinajstić information content (AvgIpc) is 3.50. The minimum absolute atomic E-state index is 0.0949. The summed E-state index contributed by atoms with van der Waals surface area (Å²) in [7, 11) is 0. The van der Waals surface area contributed by atoms with Gasteiger partial charge in [0.05, 0.1) is 6.54 Å². The first-order chi connectivity index (χ1) is 16.8. The molecule has 12 nitrogen and oxygen atoms in total. The van der Waals surface area contributed by atoms with Crippen LogP contribution in [0.5, 0.6) is 11.5 Å². The van der Waals surface area contributed by atoms with E-state index < -0.39 is 28.7 Å². The highest BCUT2D eigenvalue weighted by molar-refractivity contribution is 6.07. The zero-order valence-electron chi connectivity index (χ0n) is 19.7. The highest BCUT2D eigenvalue weighted by Gasteiger charge is 2.49. The van der Waals surface area contributed by atoms with Gasteiger partial charge in [0.25, 0.3) is 11.5 Å². The van der Waals surface area contributed by atoms with Crippen LogP contribution in [-0.4, -0.2) is 42.7 Å². The number of nitrogens with one attached hydrogen (secondary N) is 2. The van der Waals surface area contributed by atoms with Crippen molar-refractivity contribution in [2.75, 3.05) is 6.79 Å². The van der Waals surface area contributed by atoms with Gasteiger partial charge in [0.1, 0.15) is 11.4 Å². The Morgan fingerprint density at radius 1 is 1.09 bits per heavy atom. The number of unbranched alkanes of at least 4 members (excludes halogenated alkanes) is 1. The number of imide groups is 1. The van der Waals surface area contributed by atoms with Gasteiger partial charge in [-0.2, -0.15) is 0 Å². The van der Waals surface area contributed by atoms with Crippen LogP contribution in [0.15, 0.2) is 27.8 Å². The second-order valence-corrected chi connectivity index (χ2v) is 8.72. The maximum atomic E-state index is 13.5. The number of aromatic amines is 1. The molecule has 1 atom stereocenters. The number of nitrogens with zero attached hydrogens (tertiary/aromatic N) is 4. The largest absolute Gasteiger partial charge is 0.454 e. The number of imidazole rings is 1. The molecular formula is C23H26N6O6. The van der Waals surface area contributed by atoms with Crippen LogP contribution in [0, 0.1) is 0 Å². The first-order valence-electron chi connectivity index (χ1n) is 11.5. The Morgan fingerprint density at radius 2 is 1.86 bits per heavy atom. The summed E-state index contributed by atoms with van der Waals surface area (Å²) in [5.74, 6) is 0.943. The van der Waals surface area contributed by atoms with Gasteiger partial charge in [-0.15, -0.1) is 0 Å². The van der Waals surface area contributed by atoms with E-state index in [0.717, 1.165) is 17.7 Å². The summed E-state index contributed by atoms with van der Waals surface area (Å²) in [6, 6.07) is 4.51. The van der Waals surface area contributed by atoms with Crippen molar-refractivity contribution in [3.8, 4) is 11.5 Å².